The predicted octanol–water partition coefficient (Wildman–Crippen LogP) is 10.2. The van der Waals surface area contributed by atoms with E-state index in [1.165, 1.54) is 247 Å². The Balaban J connectivity index is 0.000000285. The fourth-order valence-electron chi connectivity index (χ4n) is 11.4. The van der Waals surface area contributed by atoms with E-state index in [-0.39, 0.29) is 15.3 Å². The van der Waals surface area contributed by atoms with E-state index in [1.807, 2.05) is 0 Å². The molecule has 4 fully saturated rings. The monoisotopic (exact) mass is 1180 g/mol. The quantitative estimate of drug-likeness (QED) is 0.0361. The van der Waals surface area contributed by atoms with Gasteiger partial charge < -0.3 is 23.4 Å². The van der Waals surface area contributed by atoms with Crippen LogP contribution in [0.25, 0.3) is 0 Å². The molecule has 4 aliphatic heterocycles. The highest BCUT2D eigenvalue weighted by molar-refractivity contribution is 14.0. The molecule has 0 aromatic heterocycles. The molecule has 13 nitrogen and oxygen atoms in total. The third kappa shape index (κ3) is 22.2. The molecule has 416 valence electrons. The number of nitrogens with zero attached hydrogens (tertiary/aromatic N) is 4. The molecule has 4 saturated heterocycles. The molecule has 4 aromatic rings. The van der Waals surface area contributed by atoms with Gasteiger partial charge in [0.05, 0.1) is 117 Å². The van der Waals surface area contributed by atoms with Crippen molar-refractivity contribution in [2.75, 3.05) is 107 Å². The minimum atomic E-state index is -4.33. The molecule has 4 heterocycles. The van der Waals surface area contributed by atoms with Crippen LogP contribution in [-0.2, 0) is 54.6 Å². The Morgan fingerprint density at radius 2 is 0.649 bits per heavy atom. The lowest BCUT2D eigenvalue weighted by Gasteiger charge is -2.29. The number of quaternary nitrogens is 4. The summed E-state index contributed by atoms with van der Waals surface area (Å²) in [6.07, 6.45) is 21.9. The Labute approximate surface area is 464 Å². The number of rotatable bonds is 21. The van der Waals surface area contributed by atoms with Crippen molar-refractivity contribution in [2.24, 2.45) is 0 Å². The first-order valence-corrected chi connectivity index (χ1v) is 29.9. The summed E-state index contributed by atoms with van der Waals surface area (Å²) in [7, 11) is 1.14. The van der Waals surface area contributed by atoms with Crippen molar-refractivity contribution in [3.8, 4) is 0 Å². The highest BCUT2D eigenvalue weighted by Gasteiger charge is 2.29. The van der Waals surface area contributed by atoms with Crippen LogP contribution in [0.4, 0.5) is 0 Å². The number of likely N-dealkylation sites (tertiary alicyclic amines) is 4. The average molecular weight is 1180 g/mol. The normalized spacial score (nSPS) is 18.1. The van der Waals surface area contributed by atoms with E-state index in [4.69, 9.17) is 11.1 Å². The van der Waals surface area contributed by atoms with E-state index in [1.54, 1.807) is 60.4 Å². The van der Waals surface area contributed by atoms with Gasteiger partial charge in [0.25, 0.3) is 0 Å². The summed E-state index contributed by atoms with van der Waals surface area (Å²) in [6, 6.07) is 30.3. The van der Waals surface area contributed by atoms with Crippen LogP contribution in [0, 0.1) is 13.8 Å². The van der Waals surface area contributed by atoms with E-state index in [0.717, 1.165) is 11.1 Å². The van der Waals surface area contributed by atoms with Crippen LogP contribution in [0.3, 0.4) is 0 Å². The molecule has 0 atom stereocenters. The van der Waals surface area contributed by atoms with Gasteiger partial charge in [-0.1, -0.05) is 92.6 Å². The molecule has 16 heteroatoms. The second kappa shape index (κ2) is 31.5. The lowest BCUT2D eigenvalue weighted by Crippen LogP contribution is -2.41. The molecule has 0 bridgehead atoms. The Morgan fingerprint density at radius 3 is 0.865 bits per heavy atom. The van der Waals surface area contributed by atoms with Crippen LogP contribution >= 0.6 is 23.8 Å². The SMILES string of the molecule is C[N+]1(CCCc2cccc(CCC[N+]3(C)CCCC3)c2)CCCC1.C[N+]1(CCCc2cccc(CCC[N+]3(C)CCCC3)c2)CCCC1.Cc1ccc(S(=O)(=O)OOS(=O)(=O)c2ccc(C)cc2)cc1.O.OO.[2H]I. The van der Waals surface area contributed by atoms with Gasteiger partial charge in [0, 0.05) is 77.0 Å². The summed E-state index contributed by atoms with van der Waals surface area (Å²) in [5.74, 6) is 0. The lowest BCUT2D eigenvalue weighted by molar-refractivity contribution is -0.897. The van der Waals surface area contributed by atoms with Gasteiger partial charge in [-0.2, -0.15) is 16.8 Å². The van der Waals surface area contributed by atoms with Crippen LogP contribution in [-0.4, -0.2) is 158 Å². The van der Waals surface area contributed by atoms with Crippen molar-refractivity contribution in [3.63, 3.8) is 0 Å². The van der Waals surface area contributed by atoms with Crippen LogP contribution in [0.5, 0.6) is 0 Å². The van der Waals surface area contributed by atoms with Crippen molar-refractivity contribution in [3.05, 3.63) is 130 Å². The minimum Gasteiger partial charge on any atom is -0.412 e. The number of hydrogen-bond acceptors (Lipinski definition) is 8. The molecule has 0 amide bonds. The van der Waals surface area contributed by atoms with Gasteiger partial charge >= 0.3 is 20.2 Å². The second-order valence-electron chi connectivity index (χ2n) is 22.7. The van der Waals surface area contributed by atoms with E-state index in [0.29, 0.717) is 0 Å². The summed E-state index contributed by atoms with van der Waals surface area (Å²) in [6.45, 7) is 20.2. The van der Waals surface area contributed by atoms with Gasteiger partial charge in [0.1, 0.15) is 0.594 Å². The summed E-state index contributed by atoms with van der Waals surface area (Å²) >= 11 is 1.40. The van der Waals surface area contributed by atoms with E-state index >= 15 is 0 Å². The highest BCUT2D eigenvalue weighted by Crippen LogP contribution is 2.23. The maximum Gasteiger partial charge on any atom is 0.324 e. The van der Waals surface area contributed by atoms with E-state index in [9.17, 15) is 16.8 Å². The summed E-state index contributed by atoms with van der Waals surface area (Å²) in [5.41, 5.74) is 7.93. The van der Waals surface area contributed by atoms with E-state index < -0.39 is 20.2 Å². The van der Waals surface area contributed by atoms with Crippen LogP contribution in [0.15, 0.2) is 107 Å². The zero-order valence-electron chi connectivity index (χ0n) is 46.9. The average Bonchev–Trinajstić information content (AvgIpc) is 4.23. The molecule has 8 rings (SSSR count). The van der Waals surface area contributed by atoms with Gasteiger partial charge in [0.15, 0.2) is 0 Å². The fourth-order valence-corrected chi connectivity index (χ4v) is 13.1. The lowest BCUT2D eigenvalue weighted by atomic mass is 10.0. The summed E-state index contributed by atoms with van der Waals surface area (Å²) in [5, 5.41) is 12.0. The molecule has 74 heavy (non-hydrogen) atoms. The van der Waals surface area contributed by atoms with Gasteiger partial charge in [-0.25, -0.2) is 0 Å². The predicted molar refractivity (Wildman–Crippen MR) is 309 cm³/mol. The van der Waals surface area contributed by atoms with Crippen molar-refractivity contribution in [2.45, 2.75) is 126 Å². The standard InChI is InChI=1S/2C22H38N2.C14H14O6S2.HI.H2O2.H2O/c2*1-23(14-3-4-15-23)18-8-12-21-10-7-11-22(20-21)13-9-19-24(2)16-5-6-17-24;1-11-3-7-13(8-4-11)21(15,16)19-20-22(17,18)14-9-5-12(2)6-10-14;;1-2;/h2*7,10-11,20H,3-6,8-9,12-19H2,1-2H3;3-10H,1-2H3;1H;1-2H;1H2/q2*+2;;;;/i/hD. The molecule has 0 unspecified atom stereocenters. The van der Waals surface area contributed by atoms with Crippen molar-refractivity contribution >= 4 is 44.0 Å². The van der Waals surface area contributed by atoms with Crippen LogP contribution in [0.1, 0.15) is 110 Å². The first-order chi connectivity index (χ1) is 35.3. The largest absolute Gasteiger partial charge is 0.412 e. The van der Waals surface area contributed by atoms with Gasteiger partial charge in [-0.05, 0) is 86.1 Å². The van der Waals surface area contributed by atoms with Gasteiger partial charge in [-0.15, -0.1) is 23.8 Å². The zero-order valence-corrected chi connectivity index (χ0v) is 49.7. The smallest absolute Gasteiger partial charge is 0.324 e. The van der Waals surface area contributed by atoms with Gasteiger partial charge in [-0.3, -0.25) is 10.5 Å². The molecule has 4 aliphatic rings. The number of halogens is 1. The van der Waals surface area contributed by atoms with Crippen LogP contribution in [0.2, 0.25) is 0 Å². The Hall–Kier alpha value is -2.85. The Kier molecular flexibility index (Phi) is 27.1. The molecule has 4 N–H and O–H groups in total. The molecule has 0 aliphatic carbocycles. The number of aryl methyl sites for hydroxylation is 6. The van der Waals surface area contributed by atoms with Gasteiger partial charge in [0.2, 0.25) is 0 Å². The molecule has 0 radical (unpaired) electrons. The molecule has 0 spiro atoms. The topological polar surface area (TPSA) is 159 Å². The molecule has 0 saturated carbocycles. The molecule has 4 aromatic carbocycles. The van der Waals surface area contributed by atoms with Crippen molar-refractivity contribution in [1.29, 1.82) is 0.594 Å². The molecular formula is C58H95IN4O9S2+4. The maximum absolute atomic E-state index is 11.9. The minimum absolute atomic E-state index is 0. The zero-order chi connectivity index (χ0) is 54.1. The Bertz CT molecular complexity index is 2190. The first kappa shape index (κ1) is 63.7. The number of hydrogen-bond donors (Lipinski definition) is 2. The third-order valence-corrected chi connectivity index (χ3v) is 18.3. The highest BCUT2D eigenvalue weighted by atomic mass is 127. The summed E-state index contributed by atoms with van der Waals surface area (Å²) < 4.78 is 66.8. The maximum atomic E-state index is 11.9. The summed E-state index contributed by atoms with van der Waals surface area (Å²) in [4.78, 5) is -0.394. The molecular weight excluding hydrogens is 1090 g/mol. The first-order valence-electron chi connectivity index (χ1n) is 27.4. The second-order valence-corrected chi connectivity index (χ2v) is 25.7. The van der Waals surface area contributed by atoms with Crippen molar-refractivity contribution in [1.82, 2.24) is 0 Å². The fraction of sp³-hybridized carbons (Fsp3) is 0.586. The van der Waals surface area contributed by atoms with Crippen molar-refractivity contribution < 1.29 is 59.4 Å². The third-order valence-electron chi connectivity index (χ3n) is 16.0. The van der Waals surface area contributed by atoms with Crippen LogP contribution < -0.4 is 0 Å². The Morgan fingerprint density at radius 1 is 0.432 bits per heavy atom. The van der Waals surface area contributed by atoms with E-state index in [2.05, 4.69) is 85.4 Å². The number of benzene rings is 4.